The lowest BCUT2D eigenvalue weighted by atomic mass is 9.86. The van der Waals surface area contributed by atoms with Gasteiger partial charge in [-0.15, -0.1) is 0 Å². The first-order chi connectivity index (χ1) is 12.5. The largest absolute Gasteiger partial charge is 0.375 e. The first-order valence-electron chi connectivity index (χ1n) is 8.28. The summed E-state index contributed by atoms with van der Waals surface area (Å²) in [5.41, 5.74) is 1.57. The number of hydrogen-bond donors (Lipinski definition) is 2. The van der Waals surface area contributed by atoms with Gasteiger partial charge in [-0.3, -0.25) is 0 Å². The molecule has 0 aliphatic heterocycles. The fourth-order valence-corrected chi connectivity index (χ4v) is 3.30. The molecule has 0 spiro atoms. The van der Waals surface area contributed by atoms with Crippen molar-refractivity contribution in [3.63, 3.8) is 0 Å². The van der Waals surface area contributed by atoms with Crippen molar-refractivity contribution in [2.45, 2.75) is 12.1 Å². The lowest BCUT2D eigenvalue weighted by Gasteiger charge is -2.28. The Morgan fingerprint density at radius 3 is 1.46 bits per heavy atom. The van der Waals surface area contributed by atoms with E-state index in [4.69, 9.17) is 34.8 Å². The first-order valence-corrected chi connectivity index (χ1v) is 9.41. The van der Waals surface area contributed by atoms with Gasteiger partial charge in [-0.2, -0.15) is 0 Å². The molecular formula is C21H19Cl3NO+. The number of nitrogens with two attached hydrogens (primary N) is 1. The predicted molar refractivity (Wildman–Crippen MR) is 108 cm³/mol. The van der Waals surface area contributed by atoms with Crippen molar-refractivity contribution in [3.8, 4) is 0 Å². The van der Waals surface area contributed by atoms with Gasteiger partial charge in [0.05, 0.1) is 0 Å². The summed E-state index contributed by atoms with van der Waals surface area (Å²) in [6.45, 7) is 1.19. The van der Waals surface area contributed by atoms with Gasteiger partial charge in [-0.25, -0.2) is 0 Å². The zero-order valence-corrected chi connectivity index (χ0v) is 16.3. The van der Waals surface area contributed by atoms with Crippen molar-refractivity contribution in [1.82, 2.24) is 0 Å². The molecule has 0 fully saturated rings. The second kappa shape index (κ2) is 8.43. The molecule has 0 saturated heterocycles. The molecule has 0 bridgehead atoms. The van der Waals surface area contributed by atoms with Crippen LogP contribution in [-0.4, -0.2) is 11.7 Å². The van der Waals surface area contributed by atoms with Crippen LogP contribution in [-0.2, 0) is 12.1 Å². The van der Waals surface area contributed by atoms with E-state index in [1.54, 1.807) is 24.3 Å². The molecule has 0 aliphatic rings. The minimum absolute atomic E-state index is 0.457. The van der Waals surface area contributed by atoms with Crippen LogP contribution in [0.15, 0.2) is 72.8 Å². The standard InChI is InChI=1S/C21H18Cl3NO/c22-18-7-1-15(2-8-18)13-25-14-21(26,16-3-9-19(23)10-4-16)17-5-11-20(24)12-6-17/h1-12,25-26H,13-14H2/p+1. The van der Waals surface area contributed by atoms with Crippen LogP contribution in [0.25, 0.3) is 0 Å². The molecule has 0 unspecified atom stereocenters. The molecule has 3 aromatic rings. The summed E-state index contributed by atoms with van der Waals surface area (Å²) in [4.78, 5) is 0. The average Bonchev–Trinajstić information content (AvgIpc) is 2.64. The molecule has 26 heavy (non-hydrogen) atoms. The Morgan fingerprint density at radius 1 is 0.654 bits per heavy atom. The molecule has 0 heterocycles. The van der Waals surface area contributed by atoms with Crippen molar-refractivity contribution in [3.05, 3.63) is 105 Å². The van der Waals surface area contributed by atoms with Gasteiger partial charge in [-0.1, -0.05) is 71.2 Å². The van der Waals surface area contributed by atoms with E-state index in [1.165, 1.54) is 0 Å². The van der Waals surface area contributed by atoms with Gasteiger partial charge in [0, 0.05) is 20.6 Å². The smallest absolute Gasteiger partial charge is 0.163 e. The normalized spacial score (nSPS) is 11.5. The Morgan fingerprint density at radius 2 is 1.04 bits per heavy atom. The number of aliphatic hydroxyl groups is 1. The van der Waals surface area contributed by atoms with Gasteiger partial charge in [0.25, 0.3) is 0 Å². The van der Waals surface area contributed by atoms with Crippen LogP contribution in [0.2, 0.25) is 15.1 Å². The van der Waals surface area contributed by atoms with Crippen LogP contribution in [0.4, 0.5) is 0 Å². The number of rotatable bonds is 6. The molecule has 3 N–H and O–H groups in total. The highest BCUT2D eigenvalue weighted by molar-refractivity contribution is 6.31. The monoisotopic (exact) mass is 406 g/mol. The molecule has 3 rings (SSSR count). The maximum Gasteiger partial charge on any atom is 0.163 e. The number of benzene rings is 3. The minimum Gasteiger partial charge on any atom is -0.375 e. The van der Waals surface area contributed by atoms with Gasteiger partial charge in [0.1, 0.15) is 13.1 Å². The molecule has 0 aliphatic carbocycles. The molecular weight excluding hydrogens is 389 g/mol. The summed E-state index contributed by atoms with van der Waals surface area (Å²) in [5, 5.41) is 15.6. The third kappa shape index (κ3) is 4.59. The summed E-state index contributed by atoms with van der Waals surface area (Å²) >= 11 is 17.9. The van der Waals surface area contributed by atoms with E-state index in [-0.39, 0.29) is 0 Å². The molecule has 134 valence electrons. The quantitative estimate of drug-likeness (QED) is 0.613. The summed E-state index contributed by atoms with van der Waals surface area (Å²) in [5.74, 6) is 0. The van der Waals surface area contributed by atoms with Gasteiger partial charge < -0.3 is 10.4 Å². The summed E-state index contributed by atoms with van der Waals surface area (Å²) in [7, 11) is 0. The van der Waals surface area contributed by atoms with Crippen LogP contribution in [0.1, 0.15) is 16.7 Å². The van der Waals surface area contributed by atoms with E-state index in [2.05, 4.69) is 5.32 Å². The third-order valence-electron chi connectivity index (χ3n) is 4.38. The number of quaternary nitrogens is 1. The van der Waals surface area contributed by atoms with Gasteiger partial charge in [-0.05, 0) is 47.5 Å². The Labute approximate surface area is 168 Å². The van der Waals surface area contributed by atoms with E-state index in [1.807, 2.05) is 48.5 Å². The number of hydrogen-bond acceptors (Lipinski definition) is 1. The zero-order valence-electron chi connectivity index (χ0n) is 14.0. The van der Waals surface area contributed by atoms with Crippen molar-refractivity contribution in [2.24, 2.45) is 0 Å². The first kappa shape index (κ1) is 19.2. The second-order valence-corrected chi connectivity index (χ2v) is 7.51. The molecule has 0 saturated carbocycles. The summed E-state index contributed by atoms with van der Waals surface area (Å²) < 4.78 is 0. The maximum atomic E-state index is 11.5. The van der Waals surface area contributed by atoms with Crippen molar-refractivity contribution in [1.29, 1.82) is 0 Å². The maximum absolute atomic E-state index is 11.5. The average molecular weight is 408 g/mol. The van der Waals surface area contributed by atoms with Gasteiger partial charge in [0.2, 0.25) is 0 Å². The predicted octanol–water partition coefficient (Wildman–Crippen LogP) is 4.65. The fourth-order valence-electron chi connectivity index (χ4n) is 2.92. The Hall–Kier alpha value is -1.55. The Bertz CT molecular complexity index is 800. The Kier molecular flexibility index (Phi) is 6.23. The summed E-state index contributed by atoms with van der Waals surface area (Å²) in [6.07, 6.45) is 0. The van der Waals surface area contributed by atoms with Crippen LogP contribution in [0, 0.1) is 0 Å². The van der Waals surface area contributed by atoms with Crippen LogP contribution < -0.4 is 5.32 Å². The van der Waals surface area contributed by atoms with E-state index < -0.39 is 5.60 Å². The fraction of sp³-hybridized carbons (Fsp3) is 0.143. The second-order valence-electron chi connectivity index (χ2n) is 6.20. The minimum atomic E-state index is -1.15. The highest BCUT2D eigenvalue weighted by atomic mass is 35.5. The van der Waals surface area contributed by atoms with E-state index in [0.29, 0.717) is 21.6 Å². The third-order valence-corrected chi connectivity index (χ3v) is 5.13. The zero-order chi connectivity index (χ0) is 18.6. The molecule has 0 radical (unpaired) electrons. The van der Waals surface area contributed by atoms with E-state index >= 15 is 0 Å². The van der Waals surface area contributed by atoms with Gasteiger partial charge in [0.15, 0.2) is 5.60 Å². The lowest BCUT2D eigenvalue weighted by molar-refractivity contribution is -0.682. The highest BCUT2D eigenvalue weighted by Crippen LogP contribution is 2.30. The van der Waals surface area contributed by atoms with Gasteiger partial charge >= 0.3 is 0 Å². The molecule has 5 heteroatoms. The molecule has 2 nitrogen and oxygen atoms in total. The van der Waals surface area contributed by atoms with Crippen LogP contribution >= 0.6 is 34.8 Å². The Balaban J connectivity index is 1.83. The van der Waals surface area contributed by atoms with Crippen molar-refractivity contribution >= 4 is 34.8 Å². The van der Waals surface area contributed by atoms with Crippen LogP contribution in [0.5, 0.6) is 0 Å². The highest BCUT2D eigenvalue weighted by Gasteiger charge is 2.33. The van der Waals surface area contributed by atoms with E-state index in [0.717, 1.165) is 23.2 Å². The van der Waals surface area contributed by atoms with E-state index in [9.17, 15) is 5.11 Å². The SMILES string of the molecule is OC(C[NH2+]Cc1ccc(Cl)cc1)(c1ccc(Cl)cc1)c1ccc(Cl)cc1. The number of halogens is 3. The molecule has 3 aromatic carbocycles. The topological polar surface area (TPSA) is 36.8 Å². The molecule has 0 aromatic heterocycles. The molecule has 0 atom stereocenters. The van der Waals surface area contributed by atoms with Crippen LogP contribution in [0.3, 0.4) is 0 Å². The summed E-state index contributed by atoms with van der Waals surface area (Å²) in [6, 6.07) is 22.3. The molecule has 0 amide bonds. The lowest BCUT2D eigenvalue weighted by Crippen LogP contribution is -2.86. The van der Waals surface area contributed by atoms with Crippen molar-refractivity contribution < 1.29 is 10.4 Å². The van der Waals surface area contributed by atoms with Crippen molar-refractivity contribution in [2.75, 3.05) is 6.54 Å².